The first-order valence-corrected chi connectivity index (χ1v) is 9.92. The van der Waals surface area contributed by atoms with Crippen LogP contribution in [0, 0.1) is 12.8 Å². The summed E-state index contributed by atoms with van der Waals surface area (Å²) in [5.41, 5.74) is 5.27. The number of rotatable bonds is 8. The van der Waals surface area contributed by atoms with Gasteiger partial charge in [0, 0.05) is 29.4 Å². The van der Waals surface area contributed by atoms with Gasteiger partial charge in [-0.25, -0.2) is 0 Å². The SMILES string of the molecule is Cc1cccc(COc2ccccc2CNc2ccc(NC(=O)C(C)C)cc2)c1. The number of ether oxygens (including phenoxy) is 1. The van der Waals surface area contributed by atoms with Crippen LogP contribution in [-0.2, 0) is 17.9 Å². The number of aryl methyl sites for hydroxylation is 1. The van der Waals surface area contributed by atoms with E-state index in [9.17, 15) is 4.79 Å². The van der Waals surface area contributed by atoms with Gasteiger partial charge in [0.15, 0.2) is 0 Å². The van der Waals surface area contributed by atoms with Crippen LogP contribution in [-0.4, -0.2) is 5.91 Å². The van der Waals surface area contributed by atoms with Crippen LogP contribution >= 0.6 is 0 Å². The number of benzene rings is 3. The summed E-state index contributed by atoms with van der Waals surface area (Å²) in [6, 6.07) is 24.2. The largest absolute Gasteiger partial charge is 0.489 e. The zero-order valence-electron chi connectivity index (χ0n) is 17.2. The normalized spacial score (nSPS) is 10.6. The molecule has 0 bridgehead atoms. The Morgan fingerprint density at radius 3 is 2.38 bits per heavy atom. The van der Waals surface area contributed by atoms with E-state index in [1.54, 1.807) is 0 Å². The molecule has 0 spiro atoms. The molecule has 4 heteroatoms. The third-order valence-electron chi connectivity index (χ3n) is 4.61. The Morgan fingerprint density at radius 1 is 0.931 bits per heavy atom. The molecular weight excluding hydrogens is 360 g/mol. The fourth-order valence-electron chi connectivity index (χ4n) is 2.91. The predicted molar refractivity (Wildman–Crippen MR) is 119 cm³/mol. The quantitative estimate of drug-likeness (QED) is 0.514. The number of nitrogens with one attached hydrogen (secondary N) is 2. The number of para-hydroxylation sites is 1. The Morgan fingerprint density at radius 2 is 1.66 bits per heavy atom. The van der Waals surface area contributed by atoms with Gasteiger partial charge in [-0.3, -0.25) is 4.79 Å². The van der Waals surface area contributed by atoms with Crippen LogP contribution in [0.3, 0.4) is 0 Å². The van der Waals surface area contributed by atoms with Crippen molar-refractivity contribution in [3.05, 3.63) is 89.5 Å². The lowest BCUT2D eigenvalue weighted by molar-refractivity contribution is -0.118. The summed E-state index contributed by atoms with van der Waals surface area (Å²) in [6.45, 7) is 7.04. The highest BCUT2D eigenvalue weighted by Crippen LogP contribution is 2.22. The minimum atomic E-state index is -0.0379. The molecule has 0 saturated carbocycles. The standard InChI is InChI=1S/C25H28N2O2/c1-18(2)25(28)27-23-13-11-22(12-14-23)26-16-21-9-4-5-10-24(21)29-17-20-8-6-7-19(3)15-20/h4-15,18,26H,16-17H2,1-3H3,(H,27,28). The van der Waals surface area contributed by atoms with E-state index in [2.05, 4.69) is 47.9 Å². The molecule has 0 aromatic heterocycles. The molecule has 150 valence electrons. The molecule has 4 nitrogen and oxygen atoms in total. The summed E-state index contributed by atoms with van der Waals surface area (Å²) < 4.78 is 6.06. The third kappa shape index (κ3) is 6.11. The van der Waals surface area contributed by atoms with E-state index < -0.39 is 0 Å². The van der Waals surface area contributed by atoms with Gasteiger partial charge < -0.3 is 15.4 Å². The molecule has 0 fully saturated rings. The zero-order chi connectivity index (χ0) is 20.6. The summed E-state index contributed by atoms with van der Waals surface area (Å²) in [5, 5.41) is 6.32. The average Bonchev–Trinajstić information content (AvgIpc) is 2.72. The lowest BCUT2D eigenvalue weighted by Crippen LogP contribution is -2.17. The van der Waals surface area contributed by atoms with E-state index in [1.165, 1.54) is 5.56 Å². The lowest BCUT2D eigenvalue weighted by atomic mass is 10.1. The van der Waals surface area contributed by atoms with Gasteiger partial charge in [-0.1, -0.05) is 61.9 Å². The minimum Gasteiger partial charge on any atom is -0.489 e. The first-order valence-electron chi connectivity index (χ1n) is 9.92. The smallest absolute Gasteiger partial charge is 0.226 e. The van der Waals surface area contributed by atoms with Crippen molar-refractivity contribution in [2.24, 2.45) is 5.92 Å². The van der Waals surface area contributed by atoms with Gasteiger partial charge in [-0.2, -0.15) is 0 Å². The Labute approximate surface area is 172 Å². The molecule has 0 aliphatic rings. The molecule has 0 heterocycles. The van der Waals surface area contributed by atoms with E-state index in [1.807, 2.05) is 56.3 Å². The van der Waals surface area contributed by atoms with Crippen LogP contribution in [0.5, 0.6) is 5.75 Å². The third-order valence-corrected chi connectivity index (χ3v) is 4.61. The first kappa shape index (κ1) is 20.5. The van der Waals surface area contributed by atoms with Gasteiger partial charge in [-0.05, 0) is 42.8 Å². The second kappa shape index (κ2) is 9.78. The fourth-order valence-corrected chi connectivity index (χ4v) is 2.91. The van der Waals surface area contributed by atoms with Crippen LogP contribution in [0.25, 0.3) is 0 Å². The minimum absolute atomic E-state index is 0.0189. The molecule has 0 aliphatic heterocycles. The number of anilines is 2. The molecule has 2 N–H and O–H groups in total. The van der Waals surface area contributed by atoms with Crippen molar-refractivity contribution in [3.63, 3.8) is 0 Å². The molecule has 0 saturated heterocycles. The number of carbonyl (C=O) groups is 1. The van der Waals surface area contributed by atoms with E-state index >= 15 is 0 Å². The molecule has 3 rings (SSSR count). The number of hydrogen-bond acceptors (Lipinski definition) is 3. The summed E-state index contributed by atoms with van der Waals surface area (Å²) in [7, 11) is 0. The zero-order valence-corrected chi connectivity index (χ0v) is 17.2. The fraction of sp³-hybridized carbons (Fsp3) is 0.240. The van der Waals surface area contributed by atoms with Gasteiger partial charge >= 0.3 is 0 Å². The molecule has 3 aromatic carbocycles. The van der Waals surface area contributed by atoms with Crippen molar-refractivity contribution in [3.8, 4) is 5.75 Å². The Bertz CT molecular complexity index is 949. The molecule has 0 radical (unpaired) electrons. The number of hydrogen-bond donors (Lipinski definition) is 2. The van der Waals surface area contributed by atoms with Crippen molar-refractivity contribution >= 4 is 17.3 Å². The van der Waals surface area contributed by atoms with Gasteiger partial charge in [0.05, 0.1) is 0 Å². The second-order valence-electron chi connectivity index (χ2n) is 7.46. The topological polar surface area (TPSA) is 50.4 Å². The predicted octanol–water partition coefficient (Wildman–Crippen LogP) is 5.78. The highest BCUT2D eigenvalue weighted by molar-refractivity contribution is 5.92. The summed E-state index contributed by atoms with van der Waals surface area (Å²) in [6.07, 6.45) is 0. The van der Waals surface area contributed by atoms with E-state index in [4.69, 9.17) is 4.74 Å². The maximum atomic E-state index is 11.8. The Balaban J connectivity index is 1.59. The average molecular weight is 389 g/mol. The number of amides is 1. The van der Waals surface area contributed by atoms with Gasteiger partial charge in [-0.15, -0.1) is 0 Å². The van der Waals surface area contributed by atoms with Crippen LogP contribution in [0.15, 0.2) is 72.8 Å². The Hall–Kier alpha value is -3.27. The van der Waals surface area contributed by atoms with Crippen LogP contribution in [0.2, 0.25) is 0 Å². The van der Waals surface area contributed by atoms with E-state index in [-0.39, 0.29) is 11.8 Å². The summed E-state index contributed by atoms with van der Waals surface area (Å²) in [4.78, 5) is 11.8. The Kier molecular flexibility index (Phi) is 6.90. The first-order chi connectivity index (χ1) is 14.0. The lowest BCUT2D eigenvalue weighted by Gasteiger charge is -2.14. The molecular formula is C25H28N2O2. The van der Waals surface area contributed by atoms with Gasteiger partial charge in [0.25, 0.3) is 0 Å². The molecule has 0 aliphatic carbocycles. The molecule has 1 amide bonds. The summed E-state index contributed by atoms with van der Waals surface area (Å²) in [5.74, 6) is 0.858. The van der Waals surface area contributed by atoms with Gasteiger partial charge in [0.1, 0.15) is 12.4 Å². The maximum absolute atomic E-state index is 11.8. The van der Waals surface area contributed by atoms with Crippen molar-refractivity contribution in [1.82, 2.24) is 0 Å². The van der Waals surface area contributed by atoms with Crippen molar-refractivity contribution in [2.45, 2.75) is 33.9 Å². The highest BCUT2D eigenvalue weighted by Gasteiger charge is 2.07. The van der Waals surface area contributed by atoms with Crippen LogP contribution in [0.4, 0.5) is 11.4 Å². The van der Waals surface area contributed by atoms with E-state index in [0.717, 1.165) is 28.3 Å². The van der Waals surface area contributed by atoms with Gasteiger partial charge in [0.2, 0.25) is 5.91 Å². The van der Waals surface area contributed by atoms with E-state index in [0.29, 0.717) is 13.2 Å². The molecule has 29 heavy (non-hydrogen) atoms. The highest BCUT2D eigenvalue weighted by atomic mass is 16.5. The number of carbonyl (C=O) groups excluding carboxylic acids is 1. The second-order valence-corrected chi connectivity index (χ2v) is 7.46. The van der Waals surface area contributed by atoms with Crippen molar-refractivity contribution in [1.29, 1.82) is 0 Å². The van der Waals surface area contributed by atoms with Crippen LogP contribution in [0.1, 0.15) is 30.5 Å². The molecule has 0 unspecified atom stereocenters. The monoisotopic (exact) mass is 388 g/mol. The molecule has 3 aromatic rings. The molecule has 0 atom stereocenters. The van der Waals surface area contributed by atoms with Crippen LogP contribution < -0.4 is 15.4 Å². The van der Waals surface area contributed by atoms with Crippen molar-refractivity contribution in [2.75, 3.05) is 10.6 Å². The summed E-state index contributed by atoms with van der Waals surface area (Å²) >= 11 is 0. The maximum Gasteiger partial charge on any atom is 0.226 e. The van der Waals surface area contributed by atoms with Crippen molar-refractivity contribution < 1.29 is 9.53 Å².